The molecule has 0 aliphatic carbocycles. The van der Waals surface area contributed by atoms with Crippen LogP contribution in [0.4, 0.5) is 5.82 Å². The van der Waals surface area contributed by atoms with Gasteiger partial charge in [-0.2, -0.15) is 0 Å². The van der Waals surface area contributed by atoms with Crippen LogP contribution in [-0.2, 0) is 0 Å². The van der Waals surface area contributed by atoms with Crippen LogP contribution >= 0.6 is 23.4 Å². The van der Waals surface area contributed by atoms with Gasteiger partial charge in [0.15, 0.2) is 5.78 Å². The molecule has 0 fully saturated rings. The van der Waals surface area contributed by atoms with E-state index in [4.69, 9.17) is 11.6 Å². The first-order chi connectivity index (χ1) is 12.2. The Balaban J connectivity index is 1.95. The fourth-order valence-corrected chi connectivity index (χ4v) is 3.08. The number of hydrogen-bond donors (Lipinski definition) is 1. The van der Waals surface area contributed by atoms with Crippen LogP contribution in [0.5, 0.6) is 0 Å². The third-order valence-corrected chi connectivity index (χ3v) is 4.86. The summed E-state index contributed by atoms with van der Waals surface area (Å²) < 4.78 is 0. The number of rotatable bonds is 6. The van der Waals surface area contributed by atoms with Crippen molar-refractivity contribution < 1.29 is 4.79 Å². The first-order valence-electron chi connectivity index (χ1n) is 7.79. The molecule has 2 aromatic carbocycles. The molecular weight excluding hydrogens is 352 g/mol. The number of Topliss-reactive ketones (excluding diaryl/α,β-unsaturated/α-hetero) is 1. The van der Waals surface area contributed by atoms with Crippen molar-refractivity contribution in [1.82, 2.24) is 4.98 Å². The molecule has 0 aliphatic rings. The van der Waals surface area contributed by atoms with Gasteiger partial charge in [-0.15, -0.1) is 11.8 Å². The number of thioether (sulfide) groups is 1. The third-order valence-electron chi connectivity index (χ3n) is 3.81. The fraction of sp³-hybridized carbons (Fsp3) is 0.100. The highest BCUT2D eigenvalue weighted by atomic mass is 35.5. The molecule has 126 valence electrons. The number of hydrogen-bond acceptors (Lipinski definition) is 4. The van der Waals surface area contributed by atoms with Crippen molar-refractivity contribution in [2.75, 3.05) is 11.6 Å². The zero-order valence-corrected chi connectivity index (χ0v) is 15.2. The van der Waals surface area contributed by atoms with E-state index in [0.29, 0.717) is 16.4 Å². The van der Waals surface area contributed by atoms with Crippen molar-refractivity contribution in [1.29, 1.82) is 0 Å². The molecule has 3 aromatic rings. The minimum Gasteiger partial charge on any atom is -0.355 e. The highest BCUT2D eigenvalue weighted by Gasteiger charge is 2.23. The molecule has 1 unspecified atom stereocenters. The van der Waals surface area contributed by atoms with Gasteiger partial charge in [0.2, 0.25) is 0 Å². The molecular formula is C20H17ClN2OS. The van der Waals surface area contributed by atoms with Crippen LogP contribution in [0.3, 0.4) is 0 Å². The normalized spacial score (nSPS) is 11.8. The van der Waals surface area contributed by atoms with Crippen molar-refractivity contribution in [3.63, 3.8) is 0 Å². The number of pyridine rings is 1. The van der Waals surface area contributed by atoms with Gasteiger partial charge in [0.25, 0.3) is 0 Å². The minimum atomic E-state index is -0.561. The lowest BCUT2D eigenvalue weighted by Crippen LogP contribution is -2.22. The Morgan fingerprint density at radius 1 is 1.04 bits per heavy atom. The molecule has 0 amide bonds. The molecule has 0 aliphatic heterocycles. The van der Waals surface area contributed by atoms with Gasteiger partial charge in [-0.05, 0) is 36.1 Å². The number of benzene rings is 2. The zero-order valence-electron chi connectivity index (χ0n) is 13.6. The predicted octanol–water partition coefficient (Wildman–Crippen LogP) is 5.49. The highest BCUT2D eigenvalue weighted by Crippen LogP contribution is 2.27. The van der Waals surface area contributed by atoms with Crippen LogP contribution in [0.1, 0.15) is 22.0 Å². The largest absolute Gasteiger partial charge is 0.355 e. The summed E-state index contributed by atoms with van der Waals surface area (Å²) in [6.45, 7) is 0. The van der Waals surface area contributed by atoms with Crippen molar-refractivity contribution in [2.24, 2.45) is 0 Å². The molecule has 0 saturated carbocycles. The molecule has 3 nitrogen and oxygen atoms in total. The average molecular weight is 369 g/mol. The van der Waals surface area contributed by atoms with Gasteiger partial charge in [0.1, 0.15) is 11.9 Å². The van der Waals surface area contributed by atoms with E-state index in [-0.39, 0.29) is 5.78 Å². The van der Waals surface area contributed by atoms with E-state index in [0.717, 1.165) is 10.5 Å². The minimum absolute atomic E-state index is 0.0272. The van der Waals surface area contributed by atoms with Gasteiger partial charge in [0.05, 0.1) is 5.02 Å². The summed E-state index contributed by atoms with van der Waals surface area (Å²) in [7, 11) is 0. The summed E-state index contributed by atoms with van der Waals surface area (Å²) in [5.74, 6) is 0.465. The van der Waals surface area contributed by atoms with Gasteiger partial charge in [-0.1, -0.05) is 54.1 Å². The van der Waals surface area contributed by atoms with Gasteiger partial charge in [-0.3, -0.25) is 4.79 Å². The SMILES string of the molecule is CSc1ccc(C(=O)C(Nc2ncccc2Cl)c2ccccc2)cc1. The smallest absolute Gasteiger partial charge is 0.189 e. The summed E-state index contributed by atoms with van der Waals surface area (Å²) >= 11 is 7.85. The zero-order chi connectivity index (χ0) is 17.6. The molecule has 0 saturated heterocycles. The van der Waals surface area contributed by atoms with Crippen molar-refractivity contribution in [2.45, 2.75) is 10.9 Å². The van der Waals surface area contributed by atoms with Crippen LogP contribution in [0, 0.1) is 0 Å². The quantitative estimate of drug-likeness (QED) is 0.461. The fourth-order valence-electron chi connectivity index (χ4n) is 2.50. The van der Waals surface area contributed by atoms with Crippen LogP contribution in [-0.4, -0.2) is 17.0 Å². The highest BCUT2D eigenvalue weighted by molar-refractivity contribution is 7.98. The third kappa shape index (κ3) is 4.21. The van der Waals surface area contributed by atoms with Gasteiger partial charge in [-0.25, -0.2) is 4.98 Å². The number of carbonyl (C=O) groups is 1. The standard InChI is InChI=1S/C20H17ClN2OS/c1-25-16-11-9-15(10-12-16)19(24)18(14-6-3-2-4-7-14)23-20-17(21)8-5-13-22-20/h2-13,18H,1H3,(H,22,23). The predicted molar refractivity (Wildman–Crippen MR) is 105 cm³/mol. The van der Waals surface area contributed by atoms with E-state index in [1.165, 1.54) is 0 Å². The maximum atomic E-state index is 13.1. The number of nitrogens with zero attached hydrogens (tertiary/aromatic N) is 1. The Kier molecular flexibility index (Phi) is 5.74. The van der Waals surface area contributed by atoms with Crippen LogP contribution in [0.15, 0.2) is 77.8 Å². The number of aromatic nitrogens is 1. The molecule has 0 spiro atoms. The number of nitrogens with one attached hydrogen (secondary N) is 1. The first-order valence-corrected chi connectivity index (χ1v) is 9.39. The lowest BCUT2D eigenvalue weighted by Gasteiger charge is -2.19. The topological polar surface area (TPSA) is 42.0 Å². The Hall–Kier alpha value is -2.30. The second kappa shape index (κ2) is 8.19. The number of anilines is 1. The van der Waals surface area contributed by atoms with Gasteiger partial charge in [0, 0.05) is 16.7 Å². The second-order valence-corrected chi connectivity index (χ2v) is 6.70. The molecule has 0 bridgehead atoms. The van der Waals surface area contributed by atoms with E-state index >= 15 is 0 Å². The molecule has 25 heavy (non-hydrogen) atoms. The Bertz CT molecular complexity index is 853. The van der Waals surface area contributed by atoms with E-state index in [1.54, 1.807) is 30.1 Å². The van der Waals surface area contributed by atoms with Crippen molar-refractivity contribution in [3.8, 4) is 0 Å². The summed E-state index contributed by atoms with van der Waals surface area (Å²) in [5, 5.41) is 3.67. The summed E-state index contributed by atoms with van der Waals surface area (Å²) in [6.07, 6.45) is 3.65. The number of halogens is 1. The average Bonchev–Trinajstić information content (AvgIpc) is 2.67. The molecule has 0 radical (unpaired) electrons. The van der Waals surface area contributed by atoms with Gasteiger partial charge >= 0.3 is 0 Å². The van der Waals surface area contributed by atoms with E-state index < -0.39 is 6.04 Å². The first kappa shape index (κ1) is 17.5. The Labute approximate surface area is 156 Å². The number of carbonyl (C=O) groups excluding carboxylic acids is 1. The van der Waals surface area contributed by atoms with E-state index in [9.17, 15) is 4.79 Å². The second-order valence-electron chi connectivity index (χ2n) is 5.41. The van der Waals surface area contributed by atoms with Crippen LogP contribution in [0.2, 0.25) is 5.02 Å². The van der Waals surface area contributed by atoms with Crippen LogP contribution in [0.25, 0.3) is 0 Å². The molecule has 5 heteroatoms. The number of ketones is 1. The maximum Gasteiger partial charge on any atom is 0.189 e. The Morgan fingerprint density at radius 3 is 2.40 bits per heavy atom. The Morgan fingerprint density at radius 2 is 1.76 bits per heavy atom. The lowest BCUT2D eigenvalue weighted by molar-refractivity contribution is 0.0969. The van der Waals surface area contributed by atoms with Gasteiger partial charge < -0.3 is 5.32 Å². The lowest BCUT2D eigenvalue weighted by atomic mass is 9.97. The maximum absolute atomic E-state index is 13.1. The summed E-state index contributed by atoms with van der Waals surface area (Å²) in [6, 6.07) is 20.1. The molecule has 3 rings (SSSR count). The summed E-state index contributed by atoms with van der Waals surface area (Å²) in [5.41, 5.74) is 1.51. The van der Waals surface area contributed by atoms with E-state index in [2.05, 4.69) is 10.3 Å². The molecule has 1 N–H and O–H groups in total. The van der Waals surface area contributed by atoms with Crippen molar-refractivity contribution in [3.05, 3.63) is 89.1 Å². The summed E-state index contributed by atoms with van der Waals surface area (Å²) in [4.78, 5) is 18.5. The van der Waals surface area contributed by atoms with E-state index in [1.807, 2.05) is 60.9 Å². The van der Waals surface area contributed by atoms with Crippen LogP contribution < -0.4 is 5.32 Å². The molecule has 1 atom stereocenters. The van der Waals surface area contributed by atoms with Crippen molar-refractivity contribution >= 4 is 35.0 Å². The molecule has 1 heterocycles. The monoisotopic (exact) mass is 368 g/mol. The molecule has 1 aromatic heterocycles.